The molecule has 2 aliphatic rings. The second-order valence-electron chi connectivity index (χ2n) is 9.54. The number of likely N-dealkylation sites (tertiary alicyclic amines) is 1. The summed E-state index contributed by atoms with van der Waals surface area (Å²) in [4.78, 5) is 9.43. The lowest BCUT2D eigenvalue weighted by Gasteiger charge is -2.32. The van der Waals surface area contributed by atoms with Gasteiger partial charge in [0.2, 0.25) is 0 Å². The van der Waals surface area contributed by atoms with E-state index in [-0.39, 0.29) is 5.82 Å². The van der Waals surface area contributed by atoms with Gasteiger partial charge in [-0.2, -0.15) is 5.10 Å². The predicted molar refractivity (Wildman–Crippen MR) is 156 cm³/mol. The largest absolute Gasteiger partial charge is 0.358 e. The van der Waals surface area contributed by atoms with Crippen molar-refractivity contribution in [1.82, 2.24) is 20.2 Å². The number of allylic oxidation sites excluding steroid dienone is 2. The van der Waals surface area contributed by atoms with Gasteiger partial charge in [-0.3, -0.25) is 0 Å². The molecule has 0 spiro atoms. The molecule has 2 fully saturated rings. The van der Waals surface area contributed by atoms with E-state index in [1.165, 1.54) is 17.7 Å². The van der Waals surface area contributed by atoms with Gasteiger partial charge in [-0.15, -0.1) is 11.3 Å². The molecule has 0 aliphatic carbocycles. The number of anilines is 1. The van der Waals surface area contributed by atoms with Crippen molar-refractivity contribution in [3.8, 4) is 11.3 Å². The van der Waals surface area contributed by atoms with Crippen LogP contribution in [0.15, 0.2) is 58.4 Å². The molecule has 0 radical (unpaired) electrons. The molecule has 37 heavy (non-hydrogen) atoms. The SMILES string of the molecule is C=C(C)N(/N=C(\CC)N1CC2CNCC2C1)/C(=C(\C)CC)N(C)c1nc(-c2ccc(F)cc2)cs1.CC. The van der Waals surface area contributed by atoms with E-state index in [1.54, 1.807) is 23.5 Å². The Hall–Kier alpha value is -2.71. The van der Waals surface area contributed by atoms with Crippen molar-refractivity contribution in [2.24, 2.45) is 16.9 Å². The van der Waals surface area contributed by atoms with E-state index in [4.69, 9.17) is 10.1 Å². The van der Waals surface area contributed by atoms with E-state index in [9.17, 15) is 4.39 Å². The van der Waals surface area contributed by atoms with Gasteiger partial charge in [-0.1, -0.05) is 34.3 Å². The number of amidine groups is 1. The summed E-state index contributed by atoms with van der Waals surface area (Å²) in [6, 6.07) is 6.47. The molecule has 2 saturated heterocycles. The number of rotatable bonds is 8. The summed E-state index contributed by atoms with van der Waals surface area (Å²) in [5, 5.41) is 13.6. The number of nitrogens with one attached hydrogen (secondary N) is 1. The van der Waals surface area contributed by atoms with Crippen LogP contribution in [-0.4, -0.2) is 54.0 Å². The highest BCUT2D eigenvalue weighted by atomic mass is 32.1. The number of aromatic nitrogens is 1. The van der Waals surface area contributed by atoms with Crippen molar-refractivity contribution >= 4 is 22.3 Å². The van der Waals surface area contributed by atoms with Crippen molar-refractivity contribution in [2.75, 3.05) is 38.1 Å². The minimum atomic E-state index is -0.246. The number of fused-ring (bicyclic) bond motifs is 1. The Labute approximate surface area is 226 Å². The fourth-order valence-electron chi connectivity index (χ4n) is 4.88. The molecule has 2 aromatic rings. The van der Waals surface area contributed by atoms with Crippen LogP contribution in [0.25, 0.3) is 11.3 Å². The summed E-state index contributed by atoms with van der Waals surface area (Å²) in [7, 11) is 2.03. The molecule has 8 heteroatoms. The van der Waals surface area contributed by atoms with Crippen LogP contribution in [0.2, 0.25) is 0 Å². The van der Waals surface area contributed by atoms with Crippen LogP contribution >= 0.6 is 11.3 Å². The second-order valence-corrected chi connectivity index (χ2v) is 10.4. The van der Waals surface area contributed by atoms with Crippen molar-refractivity contribution < 1.29 is 4.39 Å². The smallest absolute Gasteiger partial charge is 0.191 e. The zero-order valence-corrected chi connectivity index (χ0v) is 24.3. The topological polar surface area (TPSA) is 47.0 Å². The highest BCUT2D eigenvalue weighted by Gasteiger charge is 2.37. The Morgan fingerprint density at radius 1 is 1.14 bits per heavy atom. The van der Waals surface area contributed by atoms with Gasteiger partial charge in [0.05, 0.1) is 5.69 Å². The molecule has 0 bridgehead atoms. The van der Waals surface area contributed by atoms with Gasteiger partial charge >= 0.3 is 0 Å². The molecule has 0 amide bonds. The number of hydrogen-bond donors (Lipinski definition) is 1. The predicted octanol–water partition coefficient (Wildman–Crippen LogP) is 6.76. The summed E-state index contributed by atoms with van der Waals surface area (Å²) in [6.45, 7) is 21.1. The standard InChI is InChI=1S/C27H37FN6S.C2H6/c1-7-19(5)26(32(6)27-30-24(17-35-27)20-9-11-23(28)12-10-20)34(18(3)4)31-25(8-2)33-15-21-13-29-14-22(21)16-33;1-2/h9-12,17,21-22,29H,3,7-8,13-16H2,1-2,4-6H3;1-2H3/b26-19+,31-25+;. The third-order valence-corrected chi connectivity index (χ3v) is 7.91. The lowest BCUT2D eigenvalue weighted by atomic mass is 10.0. The molecule has 6 nitrogen and oxygen atoms in total. The van der Waals surface area contributed by atoms with E-state index in [2.05, 4.69) is 42.5 Å². The molecule has 202 valence electrons. The van der Waals surface area contributed by atoms with Crippen LogP contribution < -0.4 is 10.2 Å². The number of thiazole rings is 1. The lowest BCUT2D eigenvalue weighted by molar-refractivity contribution is 0.400. The summed E-state index contributed by atoms with van der Waals surface area (Å²) < 4.78 is 13.4. The Morgan fingerprint density at radius 2 is 1.76 bits per heavy atom. The Morgan fingerprint density at radius 3 is 2.30 bits per heavy atom. The van der Waals surface area contributed by atoms with E-state index in [0.29, 0.717) is 11.8 Å². The zero-order chi connectivity index (χ0) is 27.1. The molecule has 4 rings (SSSR count). The van der Waals surface area contributed by atoms with Crippen molar-refractivity contribution in [3.05, 3.63) is 59.1 Å². The minimum absolute atomic E-state index is 0.246. The Kier molecular flexibility index (Phi) is 10.3. The first-order valence-electron chi connectivity index (χ1n) is 13.5. The van der Waals surface area contributed by atoms with Gasteiger partial charge in [0.25, 0.3) is 0 Å². The number of nitrogens with zero attached hydrogens (tertiary/aromatic N) is 5. The van der Waals surface area contributed by atoms with Crippen molar-refractivity contribution in [3.63, 3.8) is 0 Å². The van der Waals surface area contributed by atoms with Gasteiger partial charge in [0, 0.05) is 56.3 Å². The summed E-state index contributed by atoms with van der Waals surface area (Å²) >= 11 is 1.57. The van der Waals surface area contributed by atoms with Crippen molar-refractivity contribution in [1.29, 1.82) is 0 Å². The maximum absolute atomic E-state index is 13.4. The van der Waals surface area contributed by atoms with Gasteiger partial charge in [-0.05, 0) is 61.9 Å². The van der Waals surface area contributed by atoms with Crippen LogP contribution in [0, 0.1) is 17.7 Å². The first-order valence-corrected chi connectivity index (χ1v) is 14.3. The van der Waals surface area contributed by atoms with Gasteiger partial charge < -0.3 is 15.1 Å². The van der Waals surface area contributed by atoms with Gasteiger partial charge in [-0.25, -0.2) is 14.4 Å². The molecular formula is C29H43FN6S. The maximum atomic E-state index is 13.4. The summed E-state index contributed by atoms with van der Waals surface area (Å²) in [5.41, 5.74) is 3.80. The van der Waals surface area contributed by atoms with E-state index < -0.39 is 0 Å². The number of benzene rings is 1. The molecule has 2 aliphatic heterocycles. The molecule has 0 saturated carbocycles. The number of hydrogen-bond acceptors (Lipinski definition) is 6. The molecule has 1 aromatic carbocycles. The first kappa shape index (κ1) is 28.9. The van der Waals surface area contributed by atoms with Crippen LogP contribution in [0.1, 0.15) is 54.4 Å². The van der Waals surface area contributed by atoms with Crippen LogP contribution in [-0.2, 0) is 0 Å². The quantitative estimate of drug-likeness (QED) is 0.234. The summed E-state index contributed by atoms with van der Waals surface area (Å²) in [6.07, 6.45) is 1.75. The summed E-state index contributed by atoms with van der Waals surface area (Å²) in [5.74, 6) is 3.25. The lowest BCUT2D eigenvalue weighted by Crippen LogP contribution is -2.36. The maximum Gasteiger partial charge on any atom is 0.191 e. The normalized spacial score (nSPS) is 19.7. The minimum Gasteiger partial charge on any atom is -0.358 e. The van der Waals surface area contributed by atoms with Crippen LogP contribution in [0.4, 0.5) is 9.52 Å². The zero-order valence-electron chi connectivity index (χ0n) is 23.5. The number of hydrazone groups is 1. The third-order valence-electron chi connectivity index (χ3n) is 7.00. The van der Waals surface area contributed by atoms with Crippen LogP contribution in [0.5, 0.6) is 0 Å². The number of halogens is 1. The van der Waals surface area contributed by atoms with Gasteiger partial charge in [0.1, 0.15) is 17.5 Å². The fraction of sp³-hybridized carbons (Fsp3) is 0.517. The monoisotopic (exact) mass is 526 g/mol. The molecule has 2 unspecified atom stereocenters. The second kappa shape index (κ2) is 13.2. The Bertz CT molecular complexity index is 1090. The van der Waals surface area contributed by atoms with E-state index in [1.807, 2.05) is 38.2 Å². The van der Waals surface area contributed by atoms with E-state index in [0.717, 1.165) is 72.8 Å². The van der Waals surface area contributed by atoms with E-state index >= 15 is 0 Å². The first-order chi connectivity index (χ1) is 17.8. The highest BCUT2D eigenvalue weighted by molar-refractivity contribution is 7.14. The van der Waals surface area contributed by atoms with Gasteiger partial charge in [0.15, 0.2) is 5.13 Å². The fourth-order valence-corrected chi connectivity index (χ4v) is 5.68. The molecule has 2 atom stereocenters. The average molecular weight is 527 g/mol. The average Bonchev–Trinajstić information content (AvgIpc) is 3.64. The van der Waals surface area contributed by atoms with Crippen LogP contribution in [0.3, 0.4) is 0 Å². The third kappa shape index (κ3) is 6.60. The Balaban J connectivity index is 0.00000186. The molecule has 1 N–H and O–H groups in total. The molecule has 1 aromatic heterocycles. The molecule has 3 heterocycles. The molecular weight excluding hydrogens is 483 g/mol. The highest BCUT2D eigenvalue weighted by Crippen LogP contribution is 2.33. The van der Waals surface area contributed by atoms with Crippen molar-refractivity contribution in [2.45, 2.75) is 54.4 Å².